The van der Waals surface area contributed by atoms with Crippen LogP contribution in [0.4, 0.5) is 0 Å². The third-order valence-corrected chi connectivity index (χ3v) is 7.42. The lowest BCUT2D eigenvalue weighted by Crippen LogP contribution is -2.03. The molecule has 0 amide bonds. The van der Waals surface area contributed by atoms with Gasteiger partial charge in [0.2, 0.25) is 0 Å². The number of benzene rings is 4. The topological polar surface area (TPSA) is 51.6 Å². The van der Waals surface area contributed by atoms with Gasteiger partial charge in [-0.25, -0.2) is 15.0 Å². The molecule has 0 atom stereocenters. The van der Waals surface area contributed by atoms with E-state index in [2.05, 4.69) is 91.0 Å². The second-order valence-electron chi connectivity index (χ2n) is 10.4. The Morgan fingerprint density at radius 1 is 0.524 bits per heavy atom. The Morgan fingerprint density at radius 2 is 1.24 bits per heavy atom. The molecule has 42 heavy (non-hydrogen) atoms. The molecule has 0 saturated carbocycles. The van der Waals surface area contributed by atoms with E-state index in [9.17, 15) is 0 Å². The molecule has 2 heterocycles. The second-order valence-corrected chi connectivity index (χ2v) is 10.4. The maximum absolute atomic E-state index is 5.07. The van der Waals surface area contributed by atoms with Gasteiger partial charge in [0.15, 0.2) is 17.5 Å². The highest BCUT2D eigenvalue weighted by molar-refractivity contribution is 5.98. The number of allylic oxidation sites excluding steroid dienone is 6. The summed E-state index contributed by atoms with van der Waals surface area (Å²) in [6.07, 6.45) is 11.1. The summed E-state index contributed by atoms with van der Waals surface area (Å²) in [7, 11) is 0. The van der Waals surface area contributed by atoms with Gasteiger partial charge in [-0.3, -0.25) is 4.98 Å². The van der Waals surface area contributed by atoms with Crippen molar-refractivity contribution in [3.05, 3.63) is 151 Å². The molecule has 1 aliphatic rings. The molecule has 200 valence electrons. The van der Waals surface area contributed by atoms with E-state index in [-0.39, 0.29) is 0 Å². The van der Waals surface area contributed by atoms with Gasteiger partial charge >= 0.3 is 0 Å². The van der Waals surface area contributed by atoms with Crippen molar-refractivity contribution in [1.82, 2.24) is 19.9 Å². The van der Waals surface area contributed by atoms with Gasteiger partial charge in [0.05, 0.1) is 5.69 Å². The molecule has 4 nitrogen and oxygen atoms in total. The number of nitrogens with zero attached hydrogens (tertiary/aromatic N) is 4. The van der Waals surface area contributed by atoms with Crippen LogP contribution in [-0.2, 0) is 0 Å². The summed E-state index contributed by atoms with van der Waals surface area (Å²) in [5, 5.41) is 2.40. The van der Waals surface area contributed by atoms with Crippen LogP contribution in [0.1, 0.15) is 17.9 Å². The molecular weight excluding hydrogens is 512 g/mol. The van der Waals surface area contributed by atoms with Crippen LogP contribution in [0.5, 0.6) is 0 Å². The maximum atomic E-state index is 5.07. The Kier molecular flexibility index (Phi) is 6.79. The fraction of sp³-hybridized carbons (Fsp3) is 0.0526. The Hall–Kier alpha value is -5.48. The number of aromatic nitrogens is 4. The summed E-state index contributed by atoms with van der Waals surface area (Å²) in [4.78, 5) is 19.9. The molecule has 7 rings (SSSR count). The Labute approximate surface area is 245 Å². The minimum Gasteiger partial charge on any atom is -0.253 e. The van der Waals surface area contributed by atoms with E-state index in [4.69, 9.17) is 19.9 Å². The molecule has 0 fully saturated rings. The van der Waals surface area contributed by atoms with Crippen LogP contribution >= 0.6 is 0 Å². The zero-order valence-electron chi connectivity index (χ0n) is 23.3. The van der Waals surface area contributed by atoms with Gasteiger partial charge in [-0.15, -0.1) is 0 Å². The lowest BCUT2D eigenvalue weighted by atomic mass is 9.94. The smallest absolute Gasteiger partial charge is 0.164 e. The number of pyridine rings is 1. The third kappa shape index (κ3) is 5.18. The van der Waals surface area contributed by atoms with Crippen molar-refractivity contribution in [2.24, 2.45) is 0 Å². The lowest BCUT2D eigenvalue weighted by Gasteiger charge is -2.14. The minimum atomic E-state index is 0.632. The quantitative estimate of drug-likeness (QED) is 0.219. The zero-order chi connectivity index (χ0) is 28.3. The molecule has 0 N–H and O–H groups in total. The number of hydrogen-bond acceptors (Lipinski definition) is 4. The highest BCUT2D eigenvalue weighted by atomic mass is 15.0. The Balaban J connectivity index is 1.48. The van der Waals surface area contributed by atoms with Gasteiger partial charge in [0, 0.05) is 28.0 Å². The van der Waals surface area contributed by atoms with Crippen molar-refractivity contribution in [2.45, 2.75) is 13.3 Å². The molecule has 0 unspecified atom stereocenters. The average Bonchev–Trinajstić information content (AvgIpc) is 3.34. The van der Waals surface area contributed by atoms with Gasteiger partial charge in [-0.1, -0.05) is 109 Å². The van der Waals surface area contributed by atoms with Crippen LogP contribution in [0.25, 0.3) is 61.5 Å². The van der Waals surface area contributed by atoms with E-state index in [1.807, 2.05) is 55.5 Å². The van der Waals surface area contributed by atoms with E-state index in [0.717, 1.165) is 51.2 Å². The van der Waals surface area contributed by atoms with E-state index >= 15 is 0 Å². The highest BCUT2D eigenvalue weighted by Crippen LogP contribution is 2.35. The van der Waals surface area contributed by atoms with Gasteiger partial charge in [0.1, 0.15) is 0 Å². The number of hydrogen-bond donors (Lipinski definition) is 0. The zero-order valence-corrected chi connectivity index (χ0v) is 23.3. The van der Waals surface area contributed by atoms with Crippen molar-refractivity contribution in [2.75, 3.05) is 0 Å². The van der Waals surface area contributed by atoms with Gasteiger partial charge in [-0.05, 0) is 65.6 Å². The number of rotatable bonds is 5. The van der Waals surface area contributed by atoms with Gasteiger partial charge < -0.3 is 0 Å². The van der Waals surface area contributed by atoms with Gasteiger partial charge in [0.25, 0.3) is 0 Å². The van der Waals surface area contributed by atoms with E-state index in [1.54, 1.807) is 0 Å². The number of fused-ring (bicyclic) bond motifs is 1. The summed E-state index contributed by atoms with van der Waals surface area (Å²) in [5.74, 6) is 1.97. The molecule has 0 saturated heterocycles. The average molecular weight is 541 g/mol. The first-order valence-corrected chi connectivity index (χ1v) is 14.1. The SMILES string of the molecule is Cc1cccc(-c2cc(-c3nc(C4=CC=CC=CC4)nc(-c4ccccc4)n3)cc(-c3cccc4ccccc34)c2)n1. The third-order valence-electron chi connectivity index (χ3n) is 7.42. The van der Waals surface area contributed by atoms with Crippen molar-refractivity contribution < 1.29 is 0 Å². The first-order chi connectivity index (χ1) is 20.7. The van der Waals surface area contributed by atoms with Crippen molar-refractivity contribution in [3.63, 3.8) is 0 Å². The molecule has 0 aliphatic heterocycles. The summed E-state index contributed by atoms with van der Waals surface area (Å²) in [6, 6.07) is 37.7. The summed E-state index contributed by atoms with van der Waals surface area (Å²) >= 11 is 0. The standard InChI is InChI=1S/C38H28N4/c1-26-13-11-22-35(39-26)31-23-30(34-21-12-19-27-14-9-10-20-33(27)34)24-32(25-31)38-41-36(28-15-5-2-3-6-16-28)40-37(42-38)29-17-7-4-8-18-29/h2-15,17-25H,16H2,1H3. The van der Waals surface area contributed by atoms with Crippen molar-refractivity contribution in [3.8, 4) is 45.2 Å². The largest absolute Gasteiger partial charge is 0.253 e. The first-order valence-electron chi connectivity index (χ1n) is 14.1. The van der Waals surface area contributed by atoms with Crippen molar-refractivity contribution in [1.29, 1.82) is 0 Å². The molecule has 1 aliphatic carbocycles. The summed E-state index contributed by atoms with van der Waals surface area (Å²) in [5.41, 5.74) is 8.06. The molecule has 0 spiro atoms. The van der Waals surface area contributed by atoms with Crippen LogP contribution in [0.3, 0.4) is 0 Å². The van der Waals surface area contributed by atoms with Crippen LogP contribution in [0, 0.1) is 6.92 Å². The number of aryl methyl sites for hydroxylation is 1. The van der Waals surface area contributed by atoms with Crippen LogP contribution in [0.15, 0.2) is 140 Å². The monoisotopic (exact) mass is 540 g/mol. The fourth-order valence-electron chi connectivity index (χ4n) is 5.35. The molecule has 6 aromatic rings. The predicted octanol–water partition coefficient (Wildman–Crippen LogP) is 9.30. The first kappa shape index (κ1) is 25.5. The molecule has 0 bridgehead atoms. The van der Waals surface area contributed by atoms with Crippen LogP contribution in [0.2, 0.25) is 0 Å². The Morgan fingerprint density at radius 3 is 2.12 bits per heavy atom. The fourth-order valence-corrected chi connectivity index (χ4v) is 5.35. The lowest BCUT2D eigenvalue weighted by molar-refractivity contribution is 1.02. The highest BCUT2D eigenvalue weighted by Gasteiger charge is 2.16. The van der Waals surface area contributed by atoms with Gasteiger partial charge in [-0.2, -0.15) is 0 Å². The maximum Gasteiger partial charge on any atom is 0.164 e. The molecule has 4 heteroatoms. The Bertz CT molecular complexity index is 2010. The predicted molar refractivity (Wildman–Crippen MR) is 172 cm³/mol. The summed E-state index contributed by atoms with van der Waals surface area (Å²) < 4.78 is 0. The molecule has 0 radical (unpaired) electrons. The second kappa shape index (κ2) is 11.2. The van der Waals surface area contributed by atoms with Crippen molar-refractivity contribution >= 4 is 16.3 Å². The van der Waals surface area contributed by atoms with Crippen LogP contribution in [-0.4, -0.2) is 19.9 Å². The normalized spacial score (nSPS) is 12.7. The molecule has 2 aromatic heterocycles. The van der Waals surface area contributed by atoms with E-state index < -0.39 is 0 Å². The molecule has 4 aromatic carbocycles. The molecular formula is C38H28N4. The van der Waals surface area contributed by atoms with Crippen LogP contribution < -0.4 is 0 Å². The minimum absolute atomic E-state index is 0.632. The van der Waals surface area contributed by atoms with E-state index in [0.29, 0.717) is 17.5 Å². The summed E-state index contributed by atoms with van der Waals surface area (Å²) in [6.45, 7) is 2.02. The van der Waals surface area contributed by atoms with E-state index in [1.165, 1.54) is 10.8 Å².